The van der Waals surface area contributed by atoms with Crippen molar-refractivity contribution in [3.05, 3.63) is 79.8 Å². The molecule has 166 valence electrons. The van der Waals surface area contributed by atoms with Gasteiger partial charge in [-0.1, -0.05) is 17.7 Å². The van der Waals surface area contributed by atoms with Crippen molar-refractivity contribution in [1.29, 1.82) is 0 Å². The molecule has 0 spiro atoms. The van der Waals surface area contributed by atoms with E-state index < -0.39 is 10.9 Å². The molecule has 3 rings (SSSR count). The molecule has 0 fully saturated rings. The molecule has 2 aromatic carbocycles. The first kappa shape index (κ1) is 22.9. The number of hydrogen-bond donors (Lipinski definition) is 1. The number of non-ortho nitro benzene ring substituents is 1. The molecule has 0 radical (unpaired) electrons. The predicted molar refractivity (Wildman–Crippen MR) is 122 cm³/mol. The number of thiazole rings is 1. The summed E-state index contributed by atoms with van der Waals surface area (Å²) in [4.78, 5) is 41.3. The maximum atomic E-state index is 12.6. The van der Waals surface area contributed by atoms with Gasteiger partial charge in [-0.2, -0.15) is 0 Å². The summed E-state index contributed by atoms with van der Waals surface area (Å²) in [5, 5.41) is 16.2. The molecule has 0 aliphatic heterocycles. The first-order valence-corrected chi connectivity index (χ1v) is 10.5. The average Bonchev–Trinajstić information content (AvgIpc) is 3.20. The van der Waals surface area contributed by atoms with E-state index in [9.17, 15) is 19.7 Å². The van der Waals surface area contributed by atoms with Crippen LogP contribution in [0, 0.1) is 17.0 Å². The maximum absolute atomic E-state index is 12.6. The molecule has 0 saturated carbocycles. The van der Waals surface area contributed by atoms with Gasteiger partial charge in [-0.3, -0.25) is 14.9 Å². The van der Waals surface area contributed by atoms with E-state index in [-0.39, 0.29) is 30.2 Å². The molecule has 0 aliphatic rings. The number of aromatic nitrogens is 1. The number of esters is 1. The number of ether oxygens (including phenoxy) is 1. The van der Waals surface area contributed by atoms with Crippen LogP contribution in [0.1, 0.15) is 26.6 Å². The molecule has 0 saturated heterocycles. The number of anilines is 2. The highest BCUT2D eigenvalue weighted by molar-refractivity contribution is 7.09. The minimum Gasteiger partial charge on any atom is -0.455 e. The van der Waals surface area contributed by atoms with Crippen LogP contribution >= 0.6 is 11.3 Å². The third kappa shape index (κ3) is 5.88. The summed E-state index contributed by atoms with van der Waals surface area (Å²) in [7, 11) is 3.46. The molecule has 3 aromatic rings. The molecule has 1 N–H and O–H groups in total. The number of nitrogens with one attached hydrogen (secondary N) is 1. The van der Waals surface area contributed by atoms with Crippen LogP contribution in [-0.4, -0.2) is 35.9 Å². The molecule has 1 aromatic heterocycles. The summed E-state index contributed by atoms with van der Waals surface area (Å²) in [6.45, 7) is 1.86. The lowest BCUT2D eigenvalue weighted by Crippen LogP contribution is -2.16. The lowest BCUT2D eigenvalue weighted by Gasteiger charge is -2.16. The molecule has 1 amide bonds. The fraction of sp³-hybridized carbons (Fsp3) is 0.227. The fourth-order valence-corrected chi connectivity index (χ4v) is 3.66. The Morgan fingerprint density at radius 1 is 1.19 bits per heavy atom. The van der Waals surface area contributed by atoms with Gasteiger partial charge in [0.25, 0.3) is 5.69 Å². The Balaban J connectivity index is 1.60. The Morgan fingerprint density at radius 3 is 2.56 bits per heavy atom. The molecule has 9 nitrogen and oxygen atoms in total. The van der Waals surface area contributed by atoms with Crippen molar-refractivity contribution in [2.75, 3.05) is 24.3 Å². The van der Waals surface area contributed by atoms with Crippen molar-refractivity contribution >= 4 is 40.3 Å². The van der Waals surface area contributed by atoms with Crippen LogP contribution in [0.15, 0.2) is 47.8 Å². The van der Waals surface area contributed by atoms with Crippen LogP contribution in [0.4, 0.5) is 17.1 Å². The van der Waals surface area contributed by atoms with Crippen LogP contribution in [0.5, 0.6) is 0 Å². The number of benzene rings is 2. The number of hydrogen-bond acceptors (Lipinski definition) is 8. The first-order chi connectivity index (χ1) is 15.2. The summed E-state index contributed by atoms with van der Waals surface area (Å²) >= 11 is 1.29. The molecular formula is C22H22N4O5S. The highest BCUT2D eigenvalue weighted by atomic mass is 32.1. The van der Waals surface area contributed by atoms with Gasteiger partial charge in [0.1, 0.15) is 11.6 Å². The van der Waals surface area contributed by atoms with Crippen LogP contribution in [0.25, 0.3) is 0 Å². The number of amides is 1. The number of carbonyl (C=O) groups excluding carboxylic acids is 2. The second kappa shape index (κ2) is 10.0. The molecule has 0 aliphatic carbocycles. The average molecular weight is 455 g/mol. The monoisotopic (exact) mass is 454 g/mol. The highest BCUT2D eigenvalue weighted by Gasteiger charge is 2.20. The third-order valence-corrected chi connectivity index (χ3v) is 5.39. The van der Waals surface area contributed by atoms with Crippen molar-refractivity contribution in [2.24, 2.45) is 0 Å². The zero-order valence-corrected chi connectivity index (χ0v) is 18.6. The van der Waals surface area contributed by atoms with Crippen molar-refractivity contribution < 1.29 is 19.2 Å². The summed E-state index contributed by atoms with van der Waals surface area (Å²) in [6.07, 6.45) is 0.0994. The Kier molecular flexibility index (Phi) is 7.16. The normalized spacial score (nSPS) is 10.5. The standard InChI is InChI=1S/C22H22N4O5S/c1-14-4-6-15(7-5-14)23-20(27)11-21-24-16(13-32-21)12-31-22(28)18-10-17(26(29)30)8-9-19(18)25(2)3/h4-10,13H,11-12H2,1-3H3,(H,23,27). The van der Waals surface area contributed by atoms with E-state index in [1.165, 1.54) is 29.5 Å². The van der Waals surface area contributed by atoms with Gasteiger partial charge in [-0.15, -0.1) is 11.3 Å². The quantitative estimate of drug-likeness (QED) is 0.311. The van der Waals surface area contributed by atoms with Gasteiger partial charge < -0.3 is 15.0 Å². The number of nitrogens with zero attached hydrogens (tertiary/aromatic N) is 3. The fourth-order valence-electron chi connectivity index (χ4n) is 2.88. The smallest absolute Gasteiger partial charge is 0.340 e. The number of carbonyl (C=O) groups is 2. The van der Waals surface area contributed by atoms with Gasteiger partial charge in [0.05, 0.1) is 28.3 Å². The topological polar surface area (TPSA) is 115 Å². The van der Waals surface area contributed by atoms with E-state index in [1.807, 2.05) is 31.2 Å². The molecule has 1 heterocycles. The summed E-state index contributed by atoms with van der Waals surface area (Å²) < 4.78 is 5.32. The minimum atomic E-state index is -0.691. The lowest BCUT2D eigenvalue weighted by molar-refractivity contribution is -0.384. The summed E-state index contributed by atoms with van der Waals surface area (Å²) in [5.74, 6) is -0.886. The van der Waals surface area contributed by atoms with E-state index in [4.69, 9.17) is 4.74 Å². The van der Waals surface area contributed by atoms with Crippen LogP contribution < -0.4 is 10.2 Å². The molecule has 0 unspecified atom stereocenters. The van der Waals surface area contributed by atoms with Crippen molar-refractivity contribution in [2.45, 2.75) is 20.0 Å². The lowest BCUT2D eigenvalue weighted by atomic mass is 10.1. The molecule has 10 heteroatoms. The second-order valence-electron chi connectivity index (χ2n) is 7.25. The summed E-state index contributed by atoms with van der Waals surface area (Å²) in [5.41, 5.74) is 2.71. The number of rotatable bonds is 8. The van der Waals surface area contributed by atoms with Gasteiger partial charge in [0, 0.05) is 37.3 Å². The zero-order valence-electron chi connectivity index (χ0n) is 17.8. The Bertz CT molecular complexity index is 1140. The molecular weight excluding hydrogens is 432 g/mol. The van der Waals surface area contributed by atoms with E-state index in [0.717, 1.165) is 5.56 Å². The highest BCUT2D eigenvalue weighted by Crippen LogP contribution is 2.25. The predicted octanol–water partition coefficient (Wildman–Crippen LogP) is 3.96. The van der Waals surface area contributed by atoms with Gasteiger partial charge in [0.2, 0.25) is 5.91 Å². The number of nitro benzene ring substituents is 1. The van der Waals surface area contributed by atoms with Gasteiger partial charge in [-0.25, -0.2) is 9.78 Å². The molecule has 0 atom stereocenters. The van der Waals surface area contributed by atoms with E-state index in [2.05, 4.69) is 10.3 Å². The zero-order chi connectivity index (χ0) is 23.3. The third-order valence-electron chi connectivity index (χ3n) is 4.49. The van der Waals surface area contributed by atoms with Gasteiger partial charge in [0.15, 0.2) is 0 Å². The van der Waals surface area contributed by atoms with Crippen LogP contribution in [-0.2, 0) is 22.6 Å². The molecule has 32 heavy (non-hydrogen) atoms. The summed E-state index contributed by atoms with van der Waals surface area (Å²) in [6, 6.07) is 11.5. The largest absolute Gasteiger partial charge is 0.455 e. The Hall–Kier alpha value is -3.79. The minimum absolute atomic E-state index is 0.0946. The molecule has 0 bridgehead atoms. The number of aryl methyl sites for hydroxylation is 1. The van der Waals surface area contributed by atoms with Crippen molar-refractivity contribution in [3.63, 3.8) is 0 Å². The Labute approximate surface area is 188 Å². The van der Waals surface area contributed by atoms with E-state index in [0.29, 0.717) is 22.1 Å². The van der Waals surface area contributed by atoms with Crippen LogP contribution in [0.3, 0.4) is 0 Å². The Morgan fingerprint density at radius 2 is 1.91 bits per heavy atom. The van der Waals surface area contributed by atoms with E-state index in [1.54, 1.807) is 24.4 Å². The maximum Gasteiger partial charge on any atom is 0.340 e. The van der Waals surface area contributed by atoms with Crippen molar-refractivity contribution in [1.82, 2.24) is 4.98 Å². The van der Waals surface area contributed by atoms with E-state index >= 15 is 0 Å². The van der Waals surface area contributed by atoms with Gasteiger partial charge in [-0.05, 0) is 25.1 Å². The second-order valence-corrected chi connectivity index (χ2v) is 8.20. The van der Waals surface area contributed by atoms with Crippen LogP contribution in [0.2, 0.25) is 0 Å². The van der Waals surface area contributed by atoms with Crippen molar-refractivity contribution in [3.8, 4) is 0 Å². The van der Waals surface area contributed by atoms with Gasteiger partial charge >= 0.3 is 5.97 Å². The SMILES string of the molecule is Cc1ccc(NC(=O)Cc2nc(COC(=O)c3cc([N+](=O)[O-])ccc3N(C)C)cs2)cc1. The number of nitro groups is 1. The first-order valence-electron chi connectivity index (χ1n) is 9.65.